The van der Waals surface area contributed by atoms with Crippen molar-refractivity contribution in [3.63, 3.8) is 0 Å². The van der Waals surface area contributed by atoms with E-state index in [0.717, 1.165) is 0 Å². The minimum atomic E-state index is -1.19. The zero-order chi connectivity index (χ0) is 26.4. The lowest BCUT2D eigenvalue weighted by atomic mass is 10.3. The first-order chi connectivity index (χ1) is 15.7. The Balaban J connectivity index is 4.56. The topological polar surface area (TPSA) is 133 Å². The van der Waals surface area contributed by atoms with E-state index in [1.807, 2.05) is 0 Å². The van der Waals surface area contributed by atoms with Crippen molar-refractivity contribution in [1.82, 2.24) is 0 Å². The molecule has 0 saturated heterocycles. The number of hydrogen-bond donors (Lipinski definition) is 0. The van der Waals surface area contributed by atoms with Crippen LogP contribution in [0.4, 0.5) is 0 Å². The number of quaternary nitrogens is 2. The van der Waals surface area contributed by atoms with E-state index in [4.69, 9.17) is 9.47 Å². The molecule has 0 N–H and O–H groups in total. The van der Waals surface area contributed by atoms with Crippen molar-refractivity contribution in [2.24, 2.45) is 0 Å². The van der Waals surface area contributed by atoms with Crippen molar-refractivity contribution >= 4 is 45.5 Å². The molecule has 0 fully saturated rings. The first-order valence-corrected chi connectivity index (χ1v) is 13.1. The number of hydrogen-bond acceptors (Lipinski definition) is 10. The third-order valence-corrected chi connectivity index (χ3v) is 7.32. The molecule has 194 valence electrons. The van der Waals surface area contributed by atoms with Gasteiger partial charge in [-0.1, -0.05) is 34.7 Å². The third kappa shape index (κ3) is 15.0. The molecule has 10 nitrogen and oxygen atoms in total. The number of carboxylic acids is 2. The maximum Gasteiger partial charge on any atom is 0.333 e. The molecule has 0 heterocycles. The van der Waals surface area contributed by atoms with Gasteiger partial charge in [-0.2, -0.15) is 0 Å². The predicted octanol–water partition coefficient (Wildman–Crippen LogP) is -1.00. The van der Waals surface area contributed by atoms with Crippen LogP contribution in [-0.4, -0.2) is 111 Å². The maximum atomic E-state index is 11.5. The van der Waals surface area contributed by atoms with Gasteiger partial charge in [-0.3, -0.25) is 0 Å². The second-order valence-electron chi connectivity index (χ2n) is 8.67. The molecule has 0 aromatic carbocycles. The minimum absolute atomic E-state index is 0.0717. The maximum absolute atomic E-state index is 11.5. The lowest BCUT2D eigenvalue weighted by Gasteiger charge is -2.35. The molecule has 0 aliphatic rings. The highest BCUT2D eigenvalue weighted by molar-refractivity contribution is 8.76. The first kappa shape index (κ1) is 32.0. The van der Waals surface area contributed by atoms with Crippen LogP contribution in [-0.2, 0) is 28.7 Å². The summed E-state index contributed by atoms with van der Waals surface area (Å²) in [6, 6.07) is 0. The summed E-state index contributed by atoms with van der Waals surface area (Å²) in [4.78, 5) is 45.4. The van der Waals surface area contributed by atoms with Gasteiger partial charge in [0.15, 0.2) is 0 Å². The van der Waals surface area contributed by atoms with E-state index in [9.17, 15) is 29.4 Å². The fraction of sp³-hybridized carbons (Fsp3) is 0.636. The molecule has 0 radical (unpaired) electrons. The van der Waals surface area contributed by atoms with Crippen molar-refractivity contribution in [1.29, 1.82) is 0 Å². The molecule has 0 bridgehead atoms. The second kappa shape index (κ2) is 15.8. The Hall–Kier alpha value is -2.02. The summed E-state index contributed by atoms with van der Waals surface area (Å²) in [5, 5.41) is 22.3. The fourth-order valence-corrected chi connectivity index (χ4v) is 5.18. The van der Waals surface area contributed by atoms with Crippen molar-refractivity contribution < 1.29 is 47.8 Å². The second-order valence-corrected chi connectivity index (χ2v) is 11.4. The highest BCUT2D eigenvalue weighted by Crippen LogP contribution is 2.23. The van der Waals surface area contributed by atoms with Gasteiger partial charge in [0, 0.05) is 11.1 Å². The highest BCUT2D eigenvalue weighted by Gasteiger charge is 2.24. The molecule has 0 spiro atoms. The van der Waals surface area contributed by atoms with Crippen LogP contribution in [0.5, 0.6) is 0 Å². The van der Waals surface area contributed by atoms with Crippen molar-refractivity contribution in [2.45, 2.75) is 13.8 Å². The number of nitrogens with zero attached hydrogens (tertiary/aromatic N) is 2. The van der Waals surface area contributed by atoms with E-state index in [1.165, 1.54) is 35.4 Å². The van der Waals surface area contributed by atoms with Gasteiger partial charge in [-0.05, 0) is 13.8 Å². The van der Waals surface area contributed by atoms with E-state index >= 15 is 0 Å². The Bertz CT molecular complexity index is 699. The van der Waals surface area contributed by atoms with Crippen molar-refractivity contribution in [3.8, 4) is 0 Å². The molecule has 0 aliphatic carbocycles. The fourth-order valence-electron chi connectivity index (χ4n) is 2.76. The summed E-state index contributed by atoms with van der Waals surface area (Å²) in [5.41, 5.74) is 0.554. The Morgan fingerprint density at radius 3 is 1.29 bits per heavy atom. The lowest BCUT2D eigenvalue weighted by molar-refractivity contribution is -0.901. The average Bonchev–Trinajstić information content (AvgIpc) is 2.69. The Kier molecular flexibility index (Phi) is 14.9. The standard InChI is InChI=1S/C22H36N2O8S2/c1-17(2)21(29)31-11-7-23(5,15-19(25)26)9-13-33-34-14-10-24(6,16-20(27)28)8-12-32-22(30)18(3)4/h1,3,7-16H2,2,4-6H3. The number of aliphatic carboxylic acids is 2. The molecule has 0 aromatic heterocycles. The van der Waals surface area contributed by atoms with E-state index in [0.29, 0.717) is 37.7 Å². The number of likely N-dealkylation sites (N-methyl/N-ethyl adjacent to an activating group) is 2. The van der Waals surface area contributed by atoms with Gasteiger partial charge in [0.05, 0.1) is 50.6 Å². The number of esters is 2. The van der Waals surface area contributed by atoms with Gasteiger partial charge in [0.25, 0.3) is 0 Å². The largest absolute Gasteiger partial charge is 0.544 e. The molecule has 0 saturated carbocycles. The zero-order valence-electron chi connectivity index (χ0n) is 20.5. The number of carboxylic acid groups (broad SMARTS) is 2. The van der Waals surface area contributed by atoms with Crippen LogP contribution in [0.2, 0.25) is 0 Å². The molecule has 0 rings (SSSR count). The smallest absolute Gasteiger partial charge is 0.333 e. The number of ether oxygens (including phenoxy) is 2. The number of carbonyl (C=O) groups excluding carboxylic acids is 4. The number of rotatable bonds is 19. The Morgan fingerprint density at radius 2 is 1.03 bits per heavy atom. The Morgan fingerprint density at radius 1 is 0.706 bits per heavy atom. The monoisotopic (exact) mass is 520 g/mol. The van der Waals surface area contributed by atoms with E-state index in [1.54, 1.807) is 14.1 Å². The van der Waals surface area contributed by atoms with Crippen molar-refractivity contribution in [2.75, 3.05) is 78.1 Å². The quantitative estimate of drug-likeness (QED) is 0.0686. The van der Waals surface area contributed by atoms with Crippen LogP contribution in [0.25, 0.3) is 0 Å². The van der Waals surface area contributed by atoms with Crippen LogP contribution >= 0.6 is 21.6 Å². The Labute approximate surface area is 209 Å². The zero-order valence-corrected chi connectivity index (χ0v) is 22.1. The third-order valence-electron chi connectivity index (χ3n) is 4.96. The van der Waals surface area contributed by atoms with E-state index in [2.05, 4.69) is 13.2 Å². The normalized spacial score (nSPS) is 14.4. The highest BCUT2D eigenvalue weighted by atomic mass is 33.1. The SMILES string of the molecule is C=C(C)C(=O)OCC[N+](C)(CCSSCC[N+](C)(CCOC(=O)C(=C)C)CC(=O)[O-])CC(=O)[O-]. The molecule has 2 atom stereocenters. The molecule has 2 unspecified atom stereocenters. The van der Waals surface area contributed by atoms with E-state index < -0.39 is 23.9 Å². The van der Waals surface area contributed by atoms with E-state index in [-0.39, 0.29) is 46.4 Å². The molecule has 0 aromatic rings. The molecule has 12 heteroatoms. The van der Waals surface area contributed by atoms with Crippen LogP contribution in [0.15, 0.2) is 24.3 Å². The first-order valence-electron chi connectivity index (χ1n) is 10.7. The molecular weight excluding hydrogens is 484 g/mol. The van der Waals surface area contributed by atoms with Gasteiger partial charge in [0.2, 0.25) is 0 Å². The van der Waals surface area contributed by atoms with Gasteiger partial charge < -0.3 is 38.2 Å². The average molecular weight is 521 g/mol. The van der Waals surface area contributed by atoms with Gasteiger partial charge >= 0.3 is 11.9 Å². The molecule has 0 amide bonds. The predicted molar refractivity (Wildman–Crippen MR) is 128 cm³/mol. The minimum Gasteiger partial charge on any atom is -0.544 e. The number of carbonyl (C=O) groups is 4. The molecule has 34 heavy (non-hydrogen) atoms. The summed E-state index contributed by atoms with van der Waals surface area (Å²) < 4.78 is 10.5. The van der Waals surface area contributed by atoms with Crippen molar-refractivity contribution in [3.05, 3.63) is 24.3 Å². The van der Waals surface area contributed by atoms with Gasteiger partial charge in [-0.15, -0.1) is 0 Å². The van der Waals surface area contributed by atoms with Crippen LogP contribution < -0.4 is 10.2 Å². The van der Waals surface area contributed by atoms with Crippen LogP contribution in [0.1, 0.15) is 13.8 Å². The summed E-state index contributed by atoms with van der Waals surface area (Å²) in [5.74, 6) is -2.15. The lowest BCUT2D eigenvalue weighted by Crippen LogP contribution is -2.54. The molecular formula is C22H36N2O8S2. The summed E-state index contributed by atoms with van der Waals surface area (Å²) >= 11 is 0. The van der Waals surface area contributed by atoms with Gasteiger partial charge in [0.1, 0.15) is 39.4 Å². The summed E-state index contributed by atoms with van der Waals surface area (Å²) in [6.07, 6.45) is 0. The van der Waals surface area contributed by atoms with Crippen LogP contribution in [0, 0.1) is 0 Å². The summed E-state index contributed by atoms with van der Waals surface area (Å²) in [6.45, 7) is 11.5. The van der Waals surface area contributed by atoms with Crippen LogP contribution in [0.3, 0.4) is 0 Å². The summed E-state index contributed by atoms with van der Waals surface area (Å²) in [7, 11) is 6.60. The van der Waals surface area contributed by atoms with Gasteiger partial charge in [-0.25, -0.2) is 9.59 Å². The molecule has 0 aliphatic heterocycles.